The molecule has 1 rings (SSSR count). The van der Waals surface area contributed by atoms with Crippen LogP contribution in [0, 0.1) is 19.8 Å². The summed E-state index contributed by atoms with van der Waals surface area (Å²) in [5, 5.41) is 3.72. The summed E-state index contributed by atoms with van der Waals surface area (Å²) in [5.74, 6) is 1.70. The number of benzene rings is 1. The maximum atomic E-state index is 5.45. The molecule has 21 heavy (non-hydrogen) atoms. The van der Waals surface area contributed by atoms with Gasteiger partial charge in [0.2, 0.25) is 0 Å². The van der Waals surface area contributed by atoms with Crippen LogP contribution < -0.4 is 10.1 Å². The molecule has 2 unspecified atom stereocenters. The highest BCUT2D eigenvalue weighted by Crippen LogP contribution is 2.34. The Balaban J connectivity index is 3.11. The average molecular weight is 291 g/mol. The minimum atomic E-state index is 0.455. The lowest BCUT2D eigenvalue weighted by Gasteiger charge is -2.29. The third kappa shape index (κ3) is 4.74. The van der Waals surface area contributed by atoms with Gasteiger partial charge >= 0.3 is 0 Å². The van der Waals surface area contributed by atoms with Gasteiger partial charge < -0.3 is 10.1 Å². The van der Waals surface area contributed by atoms with Crippen LogP contribution in [0.15, 0.2) is 12.1 Å². The van der Waals surface area contributed by atoms with Gasteiger partial charge in [-0.2, -0.15) is 0 Å². The van der Waals surface area contributed by atoms with Crippen LogP contribution in [-0.4, -0.2) is 13.7 Å². The van der Waals surface area contributed by atoms with Gasteiger partial charge in [0.1, 0.15) is 5.75 Å². The predicted octanol–water partition coefficient (Wildman–Crippen LogP) is 5.18. The maximum absolute atomic E-state index is 5.45. The number of ether oxygens (including phenoxy) is 1. The summed E-state index contributed by atoms with van der Waals surface area (Å²) in [6, 6.07) is 4.95. The molecule has 120 valence electrons. The number of rotatable bonds is 9. The highest BCUT2D eigenvalue weighted by Gasteiger charge is 2.22. The van der Waals surface area contributed by atoms with Gasteiger partial charge in [0, 0.05) is 6.04 Å². The van der Waals surface area contributed by atoms with E-state index in [1.807, 2.05) is 0 Å². The molecule has 2 heteroatoms. The molecule has 0 aliphatic carbocycles. The Morgan fingerprint density at radius 3 is 2.33 bits per heavy atom. The minimum Gasteiger partial charge on any atom is -0.496 e. The van der Waals surface area contributed by atoms with Crippen LogP contribution in [0.1, 0.15) is 69.2 Å². The van der Waals surface area contributed by atoms with Gasteiger partial charge in [-0.05, 0) is 55.5 Å². The molecule has 0 aliphatic rings. The first-order valence-corrected chi connectivity index (χ1v) is 8.47. The molecule has 0 bridgehead atoms. The fourth-order valence-corrected chi connectivity index (χ4v) is 3.19. The quantitative estimate of drug-likeness (QED) is 0.677. The molecule has 2 atom stereocenters. The molecule has 2 nitrogen and oxygen atoms in total. The first-order valence-electron chi connectivity index (χ1n) is 8.47. The summed E-state index contributed by atoms with van der Waals surface area (Å²) >= 11 is 0. The number of nitrogens with one attached hydrogen (secondary N) is 1. The molecule has 1 N–H and O–H groups in total. The highest BCUT2D eigenvalue weighted by molar-refractivity contribution is 5.43. The maximum Gasteiger partial charge on any atom is 0.122 e. The van der Waals surface area contributed by atoms with E-state index in [2.05, 4.69) is 52.1 Å². The van der Waals surface area contributed by atoms with Crippen LogP contribution in [0.3, 0.4) is 0 Å². The summed E-state index contributed by atoms with van der Waals surface area (Å²) in [4.78, 5) is 0. The normalized spacial score (nSPS) is 14.0. The molecule has 0 saturated heterocycles. The monoisotopic (exact) mass is 291 g/mol. The fraction of sp³-hybridized carbons (Fsp3) is 0.684. The molecule has 0 fully saturated rings. The molecule has 0 aliphatic heterocycles. The van der Waals surface area contributed by atoms with Crippen molar-refractivity contribution >= 4 is 0 Å². The van der Waals surface area contributed by atoms with Crippen molar-refractivity contribution in [1.29, 1.82) is 0 Å². The van der Waals surface area contributed by atoms with E-state index in [1.165, 1.54) is 42.4 Å². The fourth-order valence-electron chi connectivity index (χ4n) is 3.19. The molecular formula is C19H33NO. The first-order chi connectivity index (χ1) is 10.1. The van der Waals surface area contributed by atoms with Crippen molar-refractivity contribution in [2.24, 2.45) is 5.92 Å². The van der Waals surface area contributed by atoms with E-state index < -0.39 is 0 Å². The van der Waals surface area contributed by atoms with Crippen LogP contribution in [0.5, 0.6) is 5.75 Å². The second-order valence-electron chi connectivity index (χ2n) is 6.02. The largest absolute Gasteiger partial charge is 0.496 e. The molecule has 0 saturated carbocycles. The summed E-state index contributed by atoms with van der Waals surface area (Å²) < 4.78 is 5.45. The zero-order chi connectivity index (χ0) is 15.8. The Morgan fingerprint density at radius 2 is 1.81 bits per heavy atom. The van der Waals surface area contributed by atoms with Crippen LogP contribution in [0.4, 0.5) is 0 Å². The summed E-state index contributed by atoms with van der Waals surface area (Å²) in [7, 11) is 1.75. The smallest absolute Gasteiger partial charge is 0.122 e. The summed E-state index contributed by atoms with van der Waals surface area (Å²) in [6.45, 7) is 12.1. The Labute approximate surface area is 131 Å². The van der Waals surface area contributed by atoms with E-state index in [9.17, 15) is 0 Å². The Bertz CT molecular complexity index is 428. The van der Waals surface area contributed by atoms with E-state index in [-0.39, 0.29) is 0 Å². The lowest BCUT2D eigenvalue weighted by molar-refractivity contribution is 0.326. The molecule has 0 aromatic heterocycles. The van der Waals surface area contributed by atoms with E-state index in [4.69, 9.17) is 4.74 Å². The predicted molar refractivity (Wildman–Crippen MR) is 92.2 cm³/mol. The van der Waals surface area contributed by atoms with E-state index in [1.54, 1.807) is 7.11 Å². The number of hydrogen-bond donors (Lipinski definition) is 1. The van der Waals surface area contributed by atoms with Crippen molar-refractivity contribution in [2.75, 3.05) is 13.7 Å². The van der Waals surface area contributed by atoms with Crippen molar-refractivity contribution < 1.29 is 4.74 Å². The van der Waals surface area contributed by atoms with Gasteiger partial charge in [-0.3, -0.25) is 0 Å². The molecule has 1 aromatic carbocycles. The third-order valence-corrected chi connectivity index (χ3v) is 4.47. The zero-order valence-corrected chi connectivity index (χ0v) is 14.8. The van der Waals surface area contributed by atoms with E-state index in [0.717, 1.165) is 12.3 Å². The lowest BCUT2D eigenvalue weighted by atomic mass is 9.84. The van der Waals surface area contributed by atoms with Gasteiger partial charge in [0.15, 0.2) is 0 Å². The Morgan fingerprint density at radius 1 is 1.10 bits per heavy atom. The molecule has 0 spiro atoms. The van der Waals surface area contributed by atoms with E-state index >= 15 is 0 Å². The first kappa shape index (κ1) is 18.0. The van der Waals surface area contributed by atoms with Gasteiger partial charge in [-0.1, -0.05) is 46.1 Å². The van der Waals surface area contributed by atoms with Crippen molar-refractivity contribution in [3.8, 4) is 5.75 Å². The van der Waals surface area contributed by atoms with Crippen LogP contribution in [-0.2, 0) is 0 Å². The van der Waals surface area contributed by atoms with Crippen LogP contribution in [0.25, 0.3) is 0 Å². The second kappa shape index (κ2) is 9.09. The van der Waals surface area contributed by atoms with Crippen molar-refractivity contribution in [2.45, 2.75) is 66.3 Å². The molecule has 0 heterocycles. The van der Waals surface area contributed by atoms with Gasteiger partial charge in [-0.25, -0.2) is 0 Å². The van der Waals surface area contributed by atoms with E-state index in [0.29, 0.717) is 12.0 Å². The van der Waals surface area contributed by atoms with Crippen molar-refractivity contribution in [1.82, 2.24) is 5.32 Å². The summed E-state index contributed by atoms with van der Waals surface area (Å²) in [6.07, 6.45) is 5.11. The van der Waals surface area contributed by atoms with Gasteiger partial charge in [0.25, 0.3) is 0 Å². The van der Waals surface area contributed by atoms with Crippen molar-refractivity contribution in [3.05, 3.63) is 28.8 Å². The Kier molecular flexibility index (Phi) is 7.81. The molecule has 1 aromatic rings. The second-order valence-corrected chi connectivity index (χ2v) is 6.02. The molecular weight excluding hydrogens is 258 g/mol. The molecule has 0 amide bonds. The van der Waals surface area contributed by atoms with Gasteiger partial charge in [-0.15, -0.1) is 0 Å². The van der Waals surface area contributed by atoms with Gasteiger partial charge in [0.05, 0.1) is 7.11 Å². The zero-order valence-electron chi connectivity index (χ0n) is 14.8. The standard InChI is InChI=1S/C19H33NO/c1-7-10-11-16(8-2)19(20-9-3)17-12-15(5)18(21-6)13-14(17)4/h12-13,16,19-20H,7-11H2,1-6H3. The van der Waals surface area contributed by atoms with Crippen LogP contribution in [0.2, 0.25) is 0 Å². The van der Waals surface area contributed by atoms with Crippen molar-refractivity contribution in [3.63, 3.8) is 0 Å². The molecule has 0 radical (unpaired) electrons. The number of unbranched alkanes of at least 4 members (excludes halogenated alkanes) is 1. The highest BCUT2D eigenvalue weighted by atomic mass is 16.5. The number of aryl methyl sites for hydroxylation is 2. The average Bonchev–Trinajstić information content (AvgIpc) is 2.48. The number of methoxy groups -OCH3 is 1. The minimum absolute atomic E-state index is 0.455. The topological polar surface area (TPSA) is 21.3 Å². The Hall–Kier alpha value is -1.02. The lowest BCUT2D eigenvalue weighted by Crippen LogP contribution is -2.29. The third-order valence-electron chi connectivity index (χ3n) is 4.47. The van der Waals surface area contributed by atoms with Crippen LogP contribution >= 0.6 is 0 Å². The summed E-state index contributed by atoms with van der Waals surface area (Å²) in [5.41, 5.74) is 4.00. The number of hydrogen-bond acceptors (Lipinski definition) is 2. The SMILES string of the molecule is CCCCC(CC)C(NCC)c1cc(C)c(OC)cc1C.